The van der Waals surface area contributed by atoms with Gasteiger partial charge in [0.25, 0.3) is 6.71 Å². The Kier molecular flexibility index (Phi) is 13.4. The fourth-order valence-electron chi connectivity index (χ4n) is 14.6. The van der Waals surface area contributed by atoms with Crippen molar-refractivity contribution in [1.29, 1.82) is 0 Å². The smallest absolute Gasteiger partial charge is 0.252 e. The number of aryl methyl sites for hydroxylation is 1. The van der Waals surface area contributed by atoms with Gasteiger partial charge in [-0.1, -0.05) is 255 Å². The maximum absolute atomic E-state index is 5.13. The van der Waals surface area contributed by atoms with E-state index in [4.69, 9.17) is 15.0 Å². The van der Waals surface area contributed by atoms with E-state index in [0.717, 1.165) is 84.2 Å². The van der Waals surface area contributed by atoms with Crippen molar-refractivity contribution in [3.05, 3.63) is 345 Å². The largest absolute Gasteiger partial charge is 0.311 e. The standard InChI is InChI=1S/C88H59BN6/c1-58-52-73(47-48-74(58)88-91-86(65-30-16-6-17-31-65)90-87(92-88)66-32-18-7-19-33-66)95-79-35-21-20-34-75(79)76-53-67(40-49-80(76)95)70-56-83-85-84(57-70)94(72-45-38-64(39-46-72)60-24-10-3-11-25-60)82-51-42-69(62-28-14-5-15-29-62)55-78(82)89(85)77-54-68(61-26-12-4-13-27-61)41-50-81(77)93(83)71-43-36-63(37-44-71)59-22-8-2-9-23-59/h2-57H,1H3. The minimum atomic E-state index is -0.136. The van der Waals surface area contributed by atoms with E-state index in [9.17, 15) is 0 Å². The van der Waals surface area contributed by atoms with Crippen LogP contribution in [0.3, 0.4) is 0 Å². The number of hydrogen-bond acceptors (Lipinski definition) is 5. The Labute approximate surface area is 552 Å². The second-order valence-electron chi connectivity index (χ2n) is 24.8. The first-order chi connectivity index (χ1) is 47.0. The molecule has 0 saturated heterocycles. The second kappa shape index (κ2) is 23.0. The predicted octanol–water partition coefficient (Wildman–Crippen LogP) is 20.7. The summed E-state index contributed by atoms with van der Waals surface area (Å²) in [7, 11) is 0. The van der Waals surface area contributed by atoms with E-state index < -0.39 is 0 Å². The highest BCUT2D eigenvalue weighted by Gasteiger charge is 2.44. The molecule has 0 aliphatic carbocycles. The molecule has 0 amide bonds. The first-order valence-electron chi connectivity index (χ1n) is 32.5. The highest BCUT2D eigenvalue weighted by Crippen LogP contribution is 2.48. The second-order valence-corrected chi connectivity index (χ2v) is 24.8. The van der Waals surface area contributed by atoms with Gasteiger partial charge < -0.3 is 14.4 Å². The average molecular weight is 1210 g/mol. The number of aromatic nitrogens is 4. The number of anilines is 6. The van der Waals surface area contributed by atoms with Crippen LogP contribution in [-0.2, 0) is 0 Å². The molecule has 7 heteroatoms. The van der Waals surface area contributed by atoms with Gasteiger partial charge in [-0.25, -0.2) is 15.0 Å². The first-order valence-corrected chi connectivity index (χ1v) is 32.5. The van der Waals surface area contributed by atoms with Crippen LogP contribution in [0.1, 0.15) is 5.56 Å². The van der Waals surface area contributed by atoms with Crippen LogP contribution in [0.4, 0.5) is 34.1 Å². The fourth-order valence-corrected chi connectivity index (χ4v) is 14.6. The fraction of sp³-hybridized carbons (Fsp3) is 0.0114. The Balaban J connectivity index is 0.844. The van der Waals surface area contributed by atoms with Crippen LogP contribution in [0.15, 0.2) is 340 Å². The maximum Gasteiger partial charge on any atom is 0.252 e. The zero-order valence-corrected chi connectivity index (χ0v) is 52.1. The number of fused-ring (bicyclic) bond motifs is 7. The van der Waals surface area contributed by atoms with Crippen LogP contribution in [0.5, 0.6) is 0 Å². The van der Waals surface area contributed by atoms with E-state index >= 15 is 0 Å². The van der Waals surface area contributed by atoms with Crippen molar-refractivity contribution in [2.75, 3.05) is 9.80 Å². The van der Waals surface area contributed by atoms with Gasteiger partial charge in [-0.3, -0.25) is 0 Å². The molecule has 14 aromatic carbocycles. The molecule has 4 heterocycles. The van der Waals surface area contributed by atoms with Crippen molar-refractivity contribution >= 4 is 79.0 Å². The van der Waals surface area contributed by atoms with Crippen molar-refractivity contribution < 1.29 is 0 Å². The molecule has 0 fully saturated rings. The van der Waals surface area contributed by atoms with Crippen molar-refractivity contribution in [1.82, 2.24) is 19.5 Å². The minimum Gasteiger partial charge on any atom is -0.311 e. The highest BCUT2D eigenvalue weighted by atomic mass is 15.2. The first kappa shape index (κ1) is 55.4. The molecule has 6 nitrogen and oxygen atoms in total. The van der Waals surface area contributed by atoms with Gasteiger partial charge >= 0.3 is 0 Å². The highest BCUT2D eigenvalue weighted by molar-refractivity contribution is 7.00. The molecule has 444 valence electrons. The van der Waals surface area contributed by atoms with Crippen molar-refractivity contribution in [3.8, 4) is 95.5 Å². The van der Waals surface area contributed by atoms with Gasteiger partial charge in [-0.05, 0) is 169 Å². The molecule has 0 N–H and O–H groups in total. The molecule has 0 saturated carbocycles. The van der Waals surface area contributed by atoms with Crippen molar-refractivity contribution in [3.63, 3.8) is 0 Å². The lowest BCUT2D eigenvalue weighted by atomic mass is 9.33. The zero-order chi connectivity index (χ0) is 62.9. The van der Waals surface area contributed by atoms with E-state index in [0.29, 0.717) is 17.5 Å². The Morgan fingerprint density at radius 3 is 1.09 bits per heavy atom. The molecule has 2 aliphatic heterocycles. The Morgan fingerprint density at radius 2 is 0.621 bits per heavy atom. The number of hydrogen-bond donors (Lipinski definition) is 0. The van der Waals surface area contributed by atoms with Gasteiger partial charge in [-0.2, -0.15) is 0 Å². The van der Waals surface area contributed by atoms with Gasteiger partial charge in [-0.15, -0.1) is 0 Å². The molecule has 0 bridgehead atoms. The molecular weight excluding hydrogens is 1150 g/mol. The molecule has 2 aliphatic rings. The van der Waals surface area contributed by atoms with Crippen LogP contribution in [0, 0.1) is 6.92 Å². The van der Waals surface area contributed by atoms with Crippen LogP contribution in [0.25, 0.3) is 117 Å². The molecule has 0 unspecified atom stereocenters. The molecule has 18 rings (SSSR count). The third-order valence-corrected chi connectivity index (χ3v) is 19.2. The summed E-state index contributed by atoms with van der Waals surface area (Å²) < 4.78 is 2.41. The summed E-state index contributed by atoms with van der Waals surface area (Å²) in [5.41, 5.74) is 29.4. The number of para-hydroxylation sites is 1. The summed E-state index contributed by atoms with van der Waals surface area (Å²) in [6.07, 6.45) is 0. The van der Waals surface area contributed by atoms with Gasteiger partial charge in [0.15, 0.2) is 17.5 Å². The number of benzene rings is 14. The summed E-state index contributed by atoms with van der Waals surface area (Å²) in [5.74, 6) is 1.91. The molecule has 2 aromatic heterocycles. The lowest BCUT2D eigenvalue weighted by Gasteiger charge is -2.44. The van der Waals surface area contributed by atoms with Crippen LogP contribution >= 0.6 is 0 Å². The summed E-state index contributed by atoms with van der Waals surface area (Å²) in [5, 5.41) is 2.34. The molecule has 0 radical (unpaired) electrons. The summed E-state index contributed by atoms with van der Waals surface area (Å²) in [4.78, 5) is 20.3. The van der Waals surface area contributed by atoms with Gasteiger partial charge in [0.05, 0.1) is 11.0 Å². The topological polar surface area (TPSA) is 50.1 Å². The quantitative estimate of drug-likeness (QED) is 0.121. The number of rotatable bonds is 11. The number of nitrogens with zero attached hydrogens (tertiary/aromatic N) is 6. The minimum absolute atomic E-state index is 0.136. The van der Waals surface area contributed by atoms with E-state index in [2.05, 4.69) is 325 Å². The molecule has 95 heavy (non-hydrogen) atoms. The summed E-state index contributed by atoms with van der Waals surface area (Å²) in [6.45, 7) is 2.03. The Morgan fingerprint density at radius 1 is 0.253 bits per heavy atom. The van der Waals surface area contributed by atoms with Crippen LogP contribution in [-0.4, -0.2) is 26.2 Å². The van der Waals surface area contributed by atoms with E-state index in [1.807, 2.05) is 36.4 Å². The lowest BCUT2D eigenvalue weighted by Crippen LogP contribution is -2.61. The van der Waals surface area contributed by atoms with Crippen LogP contribution in [0.2, 0.25) is 0 Å². The van der Waals surface area contributed by atoms with E-state index in [1.165, 1.54) is 71.7 Å². The average Bonchev–Trinajstić information content (AvgIpc) is 1.10. The SMILES string of the molecule is Cc1cc(-n2c3ccccc3c3cc(-c4cc5c6c(c4)N(c4ccc(-c7ccccc7)cc4)c4ccc(-c7ccccc7)cc4B6c4cc(-c6ccccc6)ccc4N5c4ccc(-c5ccccc5)cc4)ccc32)ccc1-c1nc(-c2ccccc2)nc(-c2ccccc2)n1. The van der Waals surface area contributed by atoms with E-state index in [1.54, 1.807) is 0 Å². The maximum atomic E-state index is 5.13. The lowest BCUT2D eigenvalue weighted by molar-refractivity contribution is 1.07. The van der Waals surface area contributed by atoms with Crippen molar-refractivity contribution in [2.45, 2.75) is 6.92 Å². The molecule has 0 atom stereocenters. The monoisotopic (exact) mass is 1210 g/mol. The third kappa shape index (κ3) is 9.71. The Bertz CT molecular complexity index is 5330. The zero-order valence-electron chi connectivity index (χ0n) is 52.1. The Hall–Kier alpha value is -12.4. The van der Waals surface area contributed by atoms with E-state index in [-0.39, 0.29) is 6.71 Å². The molecule has 16 aromatic rings. The molecule has 0 spiro atoms. The van der Waals surface area contributed by atoms with Gasteiger partial charge in [0.1, 0.15) is 0 Å². The molecular formula is C88H59BN6. The summed E-state index contributed by atoms with van der Waals surface area (Å²) in [6, 6.07) is 124. The van der Waals surface area contributed by atoms with Crippen molar-refractivity contribution in [2.24, 2.45) is 0 Å². The normalized spacial score (nSPS) is 12.2. The third-order valence-electron chi connectivity index (χ3n) is 19.2. The predicted molar refractivity (Wildman–Crippen MR) is 396 cm³/mol. The van der Waals surface area contributed by atoms with Gasteiger partial charge in [0, 0.05) is 67.3 Å². The van der Waals surface area contributed by atoms with Crippen LogP contribution < -0.4 is 26.2 Å². The van der Waals surface area contributed by atoms with Gasteiger partial charge in [0.2, 0.25) is 0 Å². The summed E-state index contributed by atoms with van der Waals surface area (Å²) >= 11 is 0.